The second-order valence-corrected chi connectivity index (χ2v) is 5.53. The van der Waals surface area contributed by atoms with Crippen molar-refractivity contribution in [1.82, 2.24) is 14.9 Å². The summed E-state index contributed by atoms with van der Waals surface area (Å²) in [5, 5.41) is 1.14. The van der Waals surface area contributed by atoms with E-state index in [0.29, 0.717) is 5.92 Å². The number of hydrogen-bond acceptors (Lipinski definition) is 3. The Kier molecular flexibility index (Phi) is 2.33. The highest BCUT2D eigenvalue weighted by Crippen LogP contribution is 2.37. The van der Waals surface area contributed by atoms with Gasteiger partial charge in [0.1, 0.15) is 5.82 Å². The van der Waals surface area contributed by atoms with Gasteiger partial charge in [-0.05, 0) is 37.9 Å². The van der Waals surface area contributed by atoms with Crippen molar-refractivity contribution in [2.75, 3.05) is 19.6 Å². The van der Waals surface area contributed by atoms with Crippen molar-refractivity contribution in [3.63, 3.8) is 0 Å². The zero-order chi connectivity index (χ0) is 11.9. The lowest BCUT2D eigenvalue weighted by Crippen LogP contribution is -2.46. The van der Waals surface area contributed by atoms with E-state index in [9.17, 15) is 0 Å². The molecule has 3 saturated heterocycles. The van der Waals surface area contributed by atoms with E-state index >= 15 is 0 Å². The first-order chi connectivity index (χ1) is 8.90. The molecule has 1 atom stereocenters. The molecule has 1 unspecified atom stereocenters. The summed E-state index contributed by atoms with van der Waals surface area (Å²) in [4.78, 5) is 12.0. The van der Waals surface area contributed by atoms with Crippen LogP contribution in [0.25, 0.3) is 10.9 Å². The van der Waals surface area contributed by atoms with Crippen LogP contribution in [-0.2, 0) is 0 Å². The molecular weight excluding hydrogens is 222 g/mol. The summed E-state index contributed by atoms with van der Waals surface area (Å²) >= 11 is 0. The van der Waals surface area contributed by atoms with E-state index in [-0.39, 0.29) is 0 Å². The van der Waals surface area contributed by atoms with E-state index in [2.05, 4.69) is 28.1 Å². The minimum Gasteiger partial charge on any atom is -0.303 e. The maximum Gasteiger partial charge on any atom is 0.133 e. The van der Waals surface area contributed by atoms with Gasteiger partial charge >= 0.3 is 0 Å². The smallest absolute Gasteiger partial charge is 0.133 e. The summed E-state index contributed by atoms with van der Waals surface area (Å²) in [7, 11) is 0. The highest BCUT2D eigenvalue weighted by Gasteiger charge is 2.36. The van der Waals surface area contributed by atoms with E-state index in [4.69, 9.17) is 4.98 Å². The van der Waals surface area contributed by atoms with Crippen molar-refractivity contribution in [1.29, 1.82) is 0 Å². The SMILES string of the molecule is c1ccc2nc(C3CN4CCC3CC4)ncc2c1. The molecule has 92 valence electrons. The van der Waals surface area contributed by atoms with Crippen molar-refractivity contribution in [2.24, 2.45) is 5.92 Å². The van der Waals surface area contributed by atoms with Gasteiger partial charge in [0.15, 0.2) is 0 Å². The number of benzene rings is 1. The first kappa shape index (κ1) is 10.4. The lowest BCUT2D eigenvalue weighted by Gasteiger charge is -2.44. The van der Waals surface area contributed by atoms with Gasteiger partial charge < -0.3 is 4.90 Å². The Morgan fingerprint density at radius 1 is 1.11 bits per heavy atom. The summed E-state index contributed by atoms with van der Waals surface area (Å²) in [5.41, 5.74) is 1.08. The third-order valence-electron chi connectivity index (χ3n) is 4.50. The molecule has 1 aromatic heterocycles. The van der Waals surface area contributed by atoms with Crippen LogP contribution in [-0.4, -0.2) is 34.5 Å². The molecule has 3 heteroatoms. The zero-order valence-electron chi connectivity index (χ0n) is 10.4. The van der Waals surface area contributed by atoms with Gasteiger partial charge in [-0.2, -0.15) is 0 Å². The molecule has 0 spiro atoms. The van der Waals surface area contributed by atoms with Crippen LogP contribution < -0.4 is 0 Å². The third-order valence-corrected chi connectivity index (χ3v) is 4.50. The molecule has 3 aliphatic rings. The molecule has 0 radical (unpaired) electrons. The van der Waals surface area contributed by atoms with E-state index in [0.717, 1.165) is 29.2 Å². The van der Waals surface area contributed by atoms with E-state index in [1.165, 1.54) is 25.9 Å². The average molecular weight is 239 g/mol. The number of rotatable bonds is 1. The van der Waals surface area contributed by atoms with Crippen molar-refractivity contribution in [3.8, 4) is 0 Å². The maximum atomic E-state index is 4.78. The van der Waals surface area contributed by atoms with Gasteiger partial charge in [-0.15, -0.1) is 0 Å². The normalized spacial score (nSPS) is 30.8. The topological polar surface area (TPSA) is 29.0 Å². The standard InChI is InChI=1S/C15H17N3/c1-2-4-14-12(3-1)9-16-15(17-14)13-10-18-7-5-11(13)6-8-18/h1-4,9,11,13H,5-8,10H2. The molecular formula is C15H17N3. The fourth-order valence-electron chi connectivity index (χ4n) is 3.42. The monoisotopic (exact) mass is 239 g/mol. The van der Waals surface area contributed by atoms with Crippen LogP contribution in [0.15, 0.2) is 30.5 Å². The Bertz CT molecular complexity index is 573. The fourth-order valence-corrected chi connectivity index (χ4v) is 3.42. The lowest BCUT2D eigenvalue weighted by molar-refractivity contribution is 0.0837. The number of piperidine rings is 3. The highest BCUT2D eigenvalue weighted by atomic mass is 15.2. The van der Waals surface area contributed by atoms with Gasteiger partial charge in [-0.3, -0.25) is 0 Å². The second-order valence-electron chi connectivity index (χ2n) is 5.53. The molecule has 0 saturated carbocycles. The Morgan fingerprint density at radius 3 is 2.72 bits per heavy atom. The predicted molar refractivity (Wildman–Crippen MR) is 71.4 cm³/mol. The first-order valence-corrected chi connectivity index (χ1v) is 6.84. The van der Waals surface area contributed by atoms with Gasteiger partial charge in [0.2, 0.25) is 0 Å². The molecule has 2 aromatic rings. The molecule has 0 aliphatic carbocycles. The quantitative estimate of drug-likeness (QED) is 0.765. The number of nitrogens with zero attached hydrogens (tertiary/aromatic N) is 3. The zero-order valence-corrected chi connectivity index (χ0v) is 10.4. The van der Waals surface area contributed by atoms with Crippen LogP contribution in [0.1, 0.15) is 24.6 Å². The molecule has 2 bridgehead atoms. The van der Waals surface area contributed by atoms with Crippen LogP contribution in [0.3, 0.4) is 0 Å². The number of para-hydroxylation sites is 1. The summed E-state index contributed by atoms with van der Waals surface area (Å²) in [6.07, 6.45) is 4.62. The van der Waals surface area contributed by atoms with Crippen LogP contribution in [0.2, 0.25) is 0 Å². The molecule has 1 aromatic carbocycles. The van der Waals surface area contributed by atoms with Crippen molar-refractivity contribution < 1.29 is 0 Å². The van der Waals surface area contributed by atoms with Gasteiger partial charge in [0.05, 0.1) is 5.52 Å². The molecule has 18 heavy (non-hydrogen) atoms. The van der Waals surface area contributed by atoms with Crippen LogP contribution in [0.4, 0.5) is 0 Å². The molecule has 0 amide bonds. The number of hydrogen-bond donors (Lipinski definition) is 0. The van der Waals surface area contributed by atoms with E-state index in [1.807, 2.05) is 12.3 Å². The lowest BCUT2D eigenvalue weighted by atomic mass is 9.78. The van der Waals surface area contributed by atoms with Crippen LogP contribution in [0, 0.1) is 5.92 Å². The molecule has 3 aliphatic heterocycles. The van der Waals surface area contributed by atoms with Crippen molar-refractivity contribution in [2.45, 2.75) is 18.8 Å². The van der Waals surface area contributed by atoms with Gasteiger partial charge in [-0.1, -0.05) is 18.2 Å². The average Bonchev–Trinajstić information content (AvgIpc) is 2.48. The van der Waals surface area contributed by atoms with Crippen LogP contribution in [0.5, 0.6) is 0 Å². The largest absolute Gasteiger partial charge is 0.303 e. The van der Waals surface area contributed by atoms with Gasteiger partial charge in [0.25, 0.3) is 0 Å². The number of fused-ring (bicyclic) bond motifs is 4. The van der Waals surface area contributed by atoms with Gasteiger partial charge in [0, 0.05) is 24.0 Å². The Morgan fingerprint density at radius 2 is 1.94 bits per heavy atom. The Hall–Kier alpha value is -1.48. The van der Waals surface area contributed by atoms with Gasteiger partial charge in [-0.25, -0.2) is 9.97 Å². The second kappa shape index (κ2) is 4.02. The van der Waals surface area contributed by atoms with E-state index < -0.39 is 0 Å². The van der Waals surface area contributed by atoms with E-state index in [1.54, 1.807) is 0 Å². The predicted octanol–water partition coefficient (Wildman–Crippen LogP) is 2.44. The molecule has 3 nitrogen and oxygen atoms in total. The molecule has 3 fully saturated rings. The highest BCUT2D eigenvalue weighted by molar-refractivity contribution is 5.77. The Labute approximate surface area is 107 Å². The maximum absolute atomic E-state index is 4.78. The summed E-state index contributed by atoms with van der Waals surface area (Å²) in [6, 6.07) is 8.26. The van der Waals surface area contributed by atoms with Crippen LogP contribution >= 0.6 is 0 Å². The minimum absolute atomic E-state index is 0.553. The fraction of sp³-hybridized carbons (Fsp3) is 0.467. The summed E-state index contributed by atoms with van der Waals surface area (Å²) < 4.78 is 0. The van der Waals surface area contributed by atoms with Crippen molar-refractivity contribution in [3.05, 3.63) is 36.3 Å². The minimum atomic E-state index is 0.553. The first-order valence-electron chi connectivity index (χ1n) is 6.84. The summed E-state index contributed by atoms with van der Waals surface area (Å²) in [5.74, 6) is 2.41. The molecule has 4 heterocycles. The number of aromatic nitrogens is 2. The Balaban J connectivity index is 1.74. The molecule has 5 rings (SSSR count). The third kappa shape index (κ3) is 1.62. The van der Waals surface area contributed by atoms with Crippen molar-refractivity contribution >= 4 is 10.9 Å². The molecule has 0 N–H and O–H groups in total. The summed E-state index contributed by atoms with van der Waals surface area (Å²) in [6.45, 7) is 3.70.